The van der Waals surface area contributed by atoms with Crippen LogP contribution in [0.25, 0.3) is 5.69 Å². The molecular weight excluding hydrogens is 325 g/mol. The molecule has 0 spiro atoms. The standard InChI is InChI=1S/C13H14IN3/c1-9-8-17(12-5-3-2-4-11(12)14)13(15-9)16-10-6-7-10/h2-5,8,10H,6-7H2,1H3,(H,15,16). The van der Waals surface area contributed by atoms with E-state index in [4.69, 9.17) is 0 Å². The highest BCUT2D eigenvalue weighted by Crippen LogP contribution is 2.27. The van der Waals surface area contributed by atoms with Crippen molar-refractivity contribution in [2.75, 3.05) is 5.32 Å². The highest BCUT2D eigenvalue weighted by atomic mass is 127. The first-order chi connectivity index (χ1) is 8.24. The molecule has 1 fully saturated rings. The summed E-state index contributed by atoms with van der Waals surface area (Å²) >= 11 is 2.36. The molecule has 3 rings (SSSR count). The van der Waals surface area contributed by atoms with Crippen LogP contribution in [0.5, 0.6) is 0 Å². The number of hydrogen-bond donors (Lipinski definition) is 1. The van der Waals surface area contributed by atoms with Crippen LogP contribution in [-0.2, 0) is 0 Å². The molecule has 1 aliphatic rings. The summed E-state index contributed by atoms with van der Waals surface area (Å²) in [5.74, 6) is 0.967. The Kier molecular flexibility index (Phi) is 2.82. The molecule has 1 aromatic heterocycles. The zero-order chi connectivity index (χ0) is 11.8. The summed E-state index contributed by atoms with van der Waals surface area (Å²) in [4.78, 5) is 4.56. The molecule has 3 nitrogen and oxygen atoms in total. The number of aromatic nitrogens is 2. The van der Waals surface area contributed by atoms with Gasteiger partial charge in [0.05, 0.1) is 11.4 Å². The molecule has 88 valence electrons. The summed E-state index contributed by atoms with van der Waals surface area (Å²) < 4.78 is 3.39. The number of para-hydroxylation sites is 1. The van der Waals surface area contributed by atoms with Crippen LogP contribution in [0.1, 0.15) is 18.5 Å². The number of rotatable bonds is 3. The maximum Gasteiger partial charge on any atom is 0.207 e. The van der Waals surface area contributed by atoms with E-state index in [0.29, 0.717) is 6.04 Å². The van der Waals surface area contributed by atoms with Gasteiger partial charge in [0, 0.05) is 15.8 Å². The third-order valence-corrected chi connectivity index (χ3v) is 3.76. The van der Waals surface area contributed by atoms with Gasteiger partial charge >= 0.3 is 0 Å². The maximum absolute atomic E-state index is 4.56. The molecule has 1 aliphatic carbocycles. The zero-order valence-corrected chi connectivity index (χ0v) is 11.8. The molecule has 1 aromatic carbocycles. The molecule has 17 heavy (non-hydrogen) atoms. The fraction of sp³-hybridized carbons (Fsp3) is 0.308. The fourth-order valence-electron chi connectivity index (χ4n) is 1.84. The molecule has 2 aromatic rings. The Bertz CT molecular complexity index is 543. The summed E-state index contributed by atoms with van der Waals surface area (Å²) in [6.45, 7) is 2.03. The van der Waals surface area contributed by atoms with Gasteiger partial charge in [0.2, 0.25) is 5.95 Å². The first kappa shape index (κ1) is 11.1. The molecule has 0 radical (unpaired) electrons. The van der Waals surface area contributed by atoms with Gasteiger partial charge in [-0.25, -0.2) is 4.98 Å². The van der Waals surface area contributed by atoms with Gasteiger partial charge in [0.15, 0.2) is 0 Å². The van der Waals surface area contributed by atoms with Gasteiger partial charge in [-0.1, -0.05) is 12.1 Å². The highest BCUT2D eigenvalue weighted by molar-refractivity contribution is 14.1. The number of nitrogens with zero attached hydrogens (tertiary/aromatic N) is 2. The summed E-state index contributed by atoms with van der Waals surface area (Å²) in [5.41, 5.74) is 2.24. The quantitative estimate of drug-likeness (QED) is 0.869. The van der Waals surface area contributed by atoms with Crippen molar-refractivity contribution >= 4 is 28.5 Å². The van der Waals surface area contributed by atoms with Crippen LogP contribution in [0.4, 0.5) is 5.95 Å². The van der Waals surface area contributed by atoms with Gasteiger partial charge in [-0.3, -0.25) is 4.57 Å². The van der Waals surface area contributed by atoms with Crippen molar-refractivity contribution in [2.45, 2.75) is 25.8 Å². The predicted molar refractivity (Wildman–Crippen MR) is 77.7 cm³/mol. The van der Waals surface area contributed by atoms with E-state index in [2.05, 4.69) is 67.9 Å². The predicted octanol–water partition coefficient (Wildman–Crippen LogP) is 3.36. The monoisotopic (exact) mass is 339 g/mol. The molecule has 0 aliphatic heterocycles. The second kappa shape index (κ2) is 4.33. The van der Waals surface area contributed by atoms with Crippen LogP contribution < -0.4 is 5.32 Å². The van der Waals surface area contributed by atoms with E-state index in [-0.39, 0.29) is 0 Å². The van der Waals surface area contributed by atoms with Crippen LogP contribution in [0, 0.1) is 10.5 Å². The van der Waals surface area contributed by atoms with Gasteiger partial charge in [0.1, 0.15) is 0 Å². The normalized spacial score (nSPS) is 14.9. The largest absolute Gasteiger partial charge is 0.353 e. The zero-order valence-electron chi connectivity index (χ0n) is 9.65. The molecule has 0 amide bonds. The molecule has 0 saturated heterocycles. The van der Waals surface area contributed by atoms with E-state index in [0.717, 1.165) is 11.6 Å². The van der Waals surface area contributed by atoms with E-state index in [1.54, 1.807) is 0 Å². The summed E-state index contributed by atoms with van der Waals surface area (Å²) in [6.07, 6.45) is 4.61. The maximum atomic E-state index is 4.56. The first-order valence-electron chi connectivity index (χ1n) is 5.81. The topological polar surface area (TPSA) is 29.9 Å². The van der Waals surface area contributed by atoms with Crippen LogP contribution in [0.2, 0.25) is 0 Å². The number of nitrogens with one attached hydrogen (secondary N) is 1. The van der Waals surface area contributed by atoms with Crippen LogP contribution >= 0.6 is 22.6 Å². The number of hydrogen-bond acceptors (Lipinski definition) is 2. The number of halogens is 1. The summed E-state index contributed by atoms with van der Waals surface area (Å²) in [6, 6.07) is 8.99. The van der Waals surface area contributed by atoms with Gasteiger partial charge < -0.3 is 5.32 Å². The molecule has 1 saturated carbocycles. The number of benzene rings is 1. The second-order valence-corrected chi connectivity index (χ2v) is 5.61. The van der Waals surface area contributed by atoms with Crippen molar-refractivity contribution < 1.29 is 0 Å². The number of aryl methyl sites for hydroxylation is 1. The van der Waals surface area contributed by atoms with Crippen LogP contribution in [-0.4, -0.2) is 15.6 Å². The minimum atomic E-state index is 0.622. The lowest BCUT2D eigenvalue weighted by molar-refractivity contribution is 0.998. The average Bonchev–Trinajstić information content (AvgIpc) is 3.03. The van der Waals surface area contributed by atoms with Crippen molar-refractivity contribution in [1.82, 2.24) is 9.55 Å². The van der Waals surface area contributed by atoms with Crippen molar-refractivity contribution in [3.05, 3.63) is 39.7 Å². The fourth-order valence-corrected chi connectivity index (χ4v) is 2.49. The SMILES string of the molecule is Cc1cn(-c2ccccc2I)c(NC2CC2)n1. The van der Waals surface area contributed by atoms with E-state index in [1.165, 1.54) is 22.1 Å². The van der Waals surface area contributed by atoms with Crippen molar-refractivity contribution in [1.29, 1.82) is 0 Å². The smallest absolute Gasteiger partial charge is 0.207 e. The average molecular weight is 339 g/mol. The number of imidazole rings is 1. The van der Waals surface area contributed by atoms with Crippen molar-refractivity contribution in [3.63, 3.8) is 0 Å². The van der Waals surface area contributed by atoms with E-state index >= 15 is 0 Å². The summed E-state index contributed by atoms with van der Waals surface area (Å²) in [7, 11) is 0. The van der Waals surface area contributed by atoms with Gasteiger partial charge in [-0.2, -0.15) is 0 Å². The van der Waals surface area contributed by atoms with Gasteiger partial charge in [-0.05, 0) is 54.5 Å². The minimum absolute atomic E-state index is 0.622. The Balaban J connectivity index is 2.03. The third-order valence-electron chi connectivity index (χ3n) is 2.85. The summed E-state index contributed by atoms with van der Waals surface area (Å²) in [5, 5.41) is 3.48. The lowest BCUT2D eigenvalue weighted by Crippen LogP contribution is -2.08. The lowest BCUT2D eigenvalue weighted by atomic mass is 10.3. The Morgan fingerprint density at radius 1 is 1.35 bits per heavy atom. The Hall–Kier alpha value is -1.04. The van der Waals surface area contributed by atoms with Gasteiger partial charge in [-0.15, -0.1) is 0 Å². The van der Waals surface area contributed by atoms with E-state index in [1.807, 2.05) is 6.92 Å². The molecule has 1 N–H and O–H groups in total. The molecule has 0 unspecified atom stereocenters. The van der Waals surface area contributed by atoms with E-state index in [9.17, 15) is 0 Å². The Labute approximate surface area is 114 Å². The molecular formula is C13H14IN3. The second-order valence-electron chi connectivity index (χ2n) is 4.45. The molecule has 0 atom stereocenters. The highest BCUT2D eigenvalue weighted by Gasteiger charge is 2.23. The Morgan fingerprint density at radius 2 is 2.12 bits per heavy atom. The van der Waals surface area contributed by atoms with Gasteiger partial charge in [0.25, 0.3) is 0 Å². The minimum Gasteiger partial charge on any atom is -0.353 e. The molecule has 4 heteroatoms. The number of anilines is 1. The molecule has 0 bridgehead atoms. The van der Waals surface area contributed by atoms with E-state index < -0.39 is 0 Å². The van der Waals surface area contributed by atoms with Crippen molar-refractivity contribution in [2.24, 2.45) is 0 Å². The van der Waals surface area contributed by atoms with Crippen LogP contribution in [0.3, 0.4) is 0 Å². The third kappa shape index (κ3) is 2.31. The lowest BCUT2D eigenvalue weighted by Gasteiger charge is -2.10. The van der Waals surface area contributed by atoms with Crippen LogP contribution in [0.15, 0.2) is 30.5 Å². The Morgan fingerprint density at radius 3 is 2.82 bits per heavy atom. The van der Waals surface area contributed by atoms with Crippen molar-refractivity contribution in [3.8, 4) is 5.69 Å². The first-order valence-corrected chi connectivity index (χ1v) is 6.89. The molecule has 1 heterocycles.